The maximum Gasteiger partial charge on any atom is 0.186 e. The highest BCUT2D eigenvalue weighted by atomic mass is 35.5. The summed E-state index contributed by atoms with van der Waals surface area (Å²) in [5, 5.41) is 4.36. The number of hydrogen-bond acceptors (Lipinski definition) is 3. The Hall–Kier alpha value is -1.36. The number of halogens is 3. The van der Waals surface area contributed by atoms with Crippen molar-refractivity contribution in [2.45, 2.75) is 19.1 Å². The van der Waals surface area contributed by atoms with Gasteiger partial charge >= 0.3 is 0 Å². The Balaban J connectivity index is 0.00000196. The van der Waals surface area contributed by atoms with E-state index in [9.17, 15) is 4.79 Å². The van der Waals surface area contributed by atoms with Gasteiger partial charge in [-0.15, -0.1) is 12.4 Å². The molecule has 2 aliphatic heterocycles. The van der Waals surface area contributed by atoms with Crippen molar-refractivity contribution in [2.75, 3.05) is 13.1 Å². The first kappa shape index (κ1) is 19.4. The van der Waals surface area contributed by atoms with Gasteiger partial charge in [0.25, 0.3) is 0 Å². The van der Waals surface area contributed by atoms with E-state index < -0.39 is 0 Å². The van der Waals surface area contributed by atoms with E-state index in [1.54, 1.807) is 24.3 Å². The zero-order valence-corrected chi connectivity index (χ0v) is 16.5. The summed E-state index contributed by atoms with van der Waals surface area (Å²) in [6, 6.07) is 11.1. The summed E-state index contributed by atoms with van der Waals surface area (Å²) in [7, 11) is 0. The number of carbonyl (C=O) groups excluding carboxylic acids is 1. The maximum absolute atomic E-state index is 12.6. The van der Waals surface area contributed by atoms with Gasteiger partial charge < -0.3 is 10.1 Å². The second-order valence-corrected chi connectivity index (χ2v) is 7.48. The molecule has 0 bridgehead atoms. The number of hydrogen-bond donors (Lipinski definition) is 1. The standard InChI is InChI=1S/C20H17Cl2NO2.ClH/c1-12(14-6-16(21)8-17(22)7-14)4-19(24)13-2-3-18-15(5-13)9-25-20(18)10-23-11-20;/h2-8,23H,9-11H2,1H3;1H/b12-4-;. The van der Waals surface area contributed by atoms with Crippen molar-refractivity contribution >= 4 is 47.0 Å². The van der Waals surface area contributed by atoms with Crippen LogP contribution in [-0.2, 0) is 16.9 Å². The van der Waals surface area contributed by atoms with Crippen molar-refractivity contribution in [1.82, 2.24) is 5.32 Å². The SMILES string of the molecule is C/C(=C/C(=O)c1ccc2c(c1)COC21CNC1)c1cc(Cl)cc(Cl)c1.Cl. The van der Waals surface area contributed by atoms with Gasteiger partial charge in [0.05, 0.1) is 6.61 Å². The highest BCUT2D eigenvalue weighted by Crippen LogP contribution is 2.39. The quantitative estimate of drug-likeness (QED) is 0.570. The molecule has 1 spiro atoms. The van der Waals surface area contributed by atoms with Crippen molar-refractivity contribution in [3.8, 4) is 0 Å². The molecule has 0 aliphatic carbocycles. The zero-order valence-electron chi connectivity index (χ0n) is 14.1. The van der Waals surface area contributed by atoms with E-state index in [0.717, 1.165) is 29.8 Å². The summed E-state index contributed by atoms with van der Waals surface area (Å²) >= 11 is 12.1. The van der Waals surface area contributed by atoms with E-state index in [4.69, 9.17) is 27.9 Å². The van der Waals surface area contributed by atoms with Crippen LogP contribution in [0.4, 0.5) is 0 Å². The molecule has 3 nitrogen and oxygen atoms in total. The Morgan fingerprint density at radius 3 is 2.42 bits per heavy atom. The largest absolute Gasteiger partial charge is 0.363 e. The highest BCUT2D eigenvalue weighted by Gasteiger charge is 2.45. The Morgan fingerprint density at radius 2 is 1.81 bits per heavy atom. The average molecular weight is 411 g/mol. The first-order valence-electron chi connectivity index (χ1n) is 8.14. The summed E-state index contributed by atoms with van der Waals surface area (Å²) in [5.74, 6) is -0.0379. The summed E-state index contributed by atoms with van der Waals surface area (Å²) in [4.78, 5) is 12.6. The summed E-state index contributed by atoms with van der Waals surface area (Å²) in [6.45, 7) is 4.11. The third-order valence-electron chi connectivity index (χ3n) is 4.87. The maximum atomic E-state index is 12.6. The van der Waals surface area contributed by atoms with Crippen LogP contribution in [0.25, 0.3) is 5.57 Å². The van der Waals surface area contributed by atoms with Crippen LogP contribution < -0.4 is 5.32 Å². The fourth-order valence-electron chi connectivity index (χ4n) is 3.39. The van der Waals surface area contributed by atoms with Gasteiger partial charge in [0, 0.05) is 28.7 Å². The second-order valence-electron chi connectivity index (χ2n) is 6.61. The van der Waals surface area contributed by atoms with E-state index in [0.29, 0.717) is 22.2 Å². The van der Waals surface area contributed by atoms with Crippen LogP contribution in [0.2, 0.25) is 10.0 Å². The number of allylic oxidation sites excluding steroid dienone is 2. The Bertz CT molecular complexity index is 884. The summed E-state index contributed by atoms with van der Waals surface area (Å²) in [5.41, 5.74) is 4.45. The Kier molecular flexibility index (Phi) is 5.48. The van der Waals surface area contributed by atoms with Crippen molar-refractivity contribution < 1.29 is 9.53 Å². The Morgan fingerprint density at radius 1 is 1.12 bits per heavy atom. The molecule has 6 heteroatoms. The lowest BCUT2D eigenvalue weighted by atomic mass is 9.86. The molecular formula is C20H18Cl3NO2. The van der Waals surface area contributed by atoms with Crippen LogP contribution >= 0.6 is 35.6 Å². The zero-order chi connectivity index (χ0) is 17.6. The van der Waals surface area contributed by atoms with Crippen LogP contribution in [0.1, 0.15) is 34.0 Å². The molecule has 0 aromatic heterocycles. The van der Waals surface area contributed by atoms with E-state index in [2.05, 4.69) is 5.32 Å². The molecule has 4 rings (SSSR count). The molecular weight excluding hydrogens is 393 g/mol. The molecule has 0 atom stereocenters. The molecule has 1 saturated heterocycles. The summed E-state index contributed by atoms with van der Waals surface area (Å²) < 4.78 is 5.94. The first-order chi connectivity index (χ1) is 12.0. The predicted octanol–water partition coefficient (Wildman–Crippen LogP) is 5.03. The molecule has 2 aromatic rings. The van der Waals surface area contributed by atoms with Gasteiger partial charge in [0.1, 0.15) is 5.60 Å². The van der Waals surface area contributed by atoms with Gasteiger partial charge in [-0.1, -0.05) is 35.3 Å². The molecule has 1 N–H and O–H groups in total. The van der Waals surface area contributed by atoms with Crippen LogP contribution in [0.5, 0.6) is 0 Å². The van der Waals surface area contributed by atoms with Gasteiger partial charge in [-0.2, -0.15) is 0 Å². The lowest BCUT2D eigenvalue weighted by Crippen LogP contribution is -2.56. The van der Waals surface area contributed by atoms with Crippen LogP contribution in [0, 0.1) is 0 Å². The fourth-order valence-corrected chi connectivity index (χ4v) is 3.92. The number of benzene rings is 2. The normalized spacial score (nSPS) is 17.4. The molecule has 2 aromatic carbocycles. The molecule has 26 heavy (non-hydrogen) atoms. The number of nitrogens with one attached hydrogen (secondary N) is 1. The van der Waals surface area contributed by atoms with E-state index in [1.807, 2.05) is 25.1 Å². The molecule has 0 unspecified atom stereocenters. The number of rotatable bonds is 3. The minimum absolute atomic E-state index is 0. The fraction of sp³-hybridized carbons (Fsp3) is 0.250. The molecule has 2 aliphatic rings. The number of carbonyl (C=O) groups is 1. The van der Waals surface area contributed by atoms with E-state index in [-0.39, 0.29) is 23.8 Å². The predicted molar refractivity (Wildman–Crippen MR) is 107 cm³/mol. The van der Waals surface area contributed by atoms with Crippen molar-refractivity contribution in [3.05, 3.63) is 74.8 Å². The molecule has 2 heterocycles. The first-order valence-corrected chi connectivity index (χ1v) is 8.90. The van der Waals surface area contributed by atoms with Crippen molar-refractivity contribution in [3.63, 3.8) is 0 Å². The van der Waals surface area contributed by atoms with E-state index in [1.165, 1.54) is 5.56 Å². The van der Waals surface area contributed by atoms with Gasteiger partial charge in [0.2, 0.25) is 0 Å². The lowest BCUT2D eigenvalue weighted by molar-refractivity contribution is -0.0746. The number of ether oxygens (including phenoxy) is 1. The van der Waals surface area contributed by atoms with Gasteiger partial charge in [0.15, 0.2) is 5.78 Å². The lowest BCUT2D eigenvalue weighted by Gasteiger charge is -2.39. The molecule has 1 fully saturated rings. The number of fused-ring (bicyclic) bond motifs is 2. The summed E-state index contributed by atoms with van der Waals surface area (Å²) in [6.07, 6.45) is 1.63. The van der Waals surface area contributed by atoms with Gasteiger partial charge in [-0.05, 0) is 59.5 Å². The third kappa shape index (κ3) is 3.42. The van der Waals surface area contributed by atoms with E-state index >= 15 is 0 Å². The molecule has 0 amide bonds. The highest BCUT2D eigenvalue weighted by molar-refractivity contribution is 6.34. The average Bonchev–Trinajstić information content (AvgIpc) is 2.92. The number of ketones is 1. The van der Waals surface area contributed by atoms with Crippen molar-refractivity contribution in [1.29, 1.82) is 0 Å². The van der Waals surface area contributed by atoms with Crippen LogP contribution in [0.3, 0.4) is 0 Å². The monoisotopic (exact) mass is 409 g/mol. The topological polar surface area (TPSA) is 38.3 Å². The molecule has 0 radical (unpaired) electrons. The van der Waals surface area contributed by atoms with Gasteiger partial charge in [-0.25, -0.2) is 0 Å². The molecule has 0 saturated carbocycles. The minimum atomic E-state index is -0.180. The molecule has 136 valence electrons. The van der Waals surface area contributed by atoms with Gasteiger partial charge in [-0.3, -0.25) is 4.79 Å². The Labute approximate surface area is 168 Å². The van der Waals surface area contributed by atoms with Crippen LogP contribution in [-0.4, -0.2) is 18.9 Å². The third-order valence-corrected chi connectivity index (χ3v) is 5.31. The minimum Gasteiger partial charge on any atom is -0.363 e. The second kappa shape index (κ2) is 7.34. The smallest absolute Gasteiger partial charge is 0.186 e. The van der Waals surface area contributed by atoms with Crippen molar-refractivity contribution in [2.24, 2.45) is 0 Å². The van der Waals surface area contributed by atoms with Crippen LogP contribution in [0.15, 0.2) is 42.5 Å².